The molecule has 2 N–H and O–H groups in total. The van der Waals surface area contributed by atoms with E-state index in [0.717, 1.165) is 6.26 Å². The van der Waals surface area contributed by atoms with Crippen molar-refractivity contribution >= 4 is 27.2 Å². The number of halogens is 3. The summed E-state index contributed by atoms with van der Waals surface area (Å²) in [6.45, 7) is 1.45. The fraction of sp³-hybridized carbons (Fsp3) is 0.231. The minimum absolute atomic E-state index is 0.111. The van der Waals surface area contributed by atoms with Crippen LogP contribution in [-0.4, -0.2) is 24.6 Å². The van der Waals surface area contributed by atoms with E-state index < -0.39 is 27.6 Å². The van der Waals surface area contributed by atoms with Crippen molar-refractivity contribution in [2.75, 3.05) is 16.3 Å². The van der Waals surface area contributed by atoms with Gasteiger partial charge >= 0.3 is 6.18 Å². The summed E-state index contributed by atoms with van der Waals surface area (Å²) < 4.78 is 64.0. The molecule has 0 radical (unpaired) electrons. The molecule has 1 aromatic heterocycles. The number of anilines is 3. The van der Waals surface area contributed by atoms with E-state index in [-0.39, 0.29) is 17.2 Å². The van der Waals surface area contributed by atoms with Gasteiger partial charge in [0.2, 0.25) is 10.0 Å². The Hall–Kier alpha value is -2.36. The molecule has 0 aliphatic heterocycles. The fourth-order valence-corrected chi connectivity index (χ4v) is 2.36. The molecular weight excluding hydrogens is 333 g/mol. The summed E-state index contributed by atoms with van der Waals surface area (Å²) in [5.41, 5.74) is -0.793. The van der Waals surface area contributed by atoms with Gasteiger partial charge in [0.25, 0.3) is 0 Å². The van der Waals surface area contributed by atoms with Crippen molar-refractivity contribution < 1.29 is 21.6 Å². The van der Waals surface area contributed by atoms with E-state index in [0.29, 0.717) is 6.20 Å². The highest BCUT2D eigenvalue weighted by molar-refractivity contribution is 7.92. The molecule has 0 saturated carbocycles. The van der Waals surface area contributed by atoms with Crippen LogP contribution in [0.25, 0.3) is 0 Å². The fourth-order valence-electron chi connectivity index (χ4n) is 1.78. The zero-order valence-corrected chi connectivity index (χ0v) is 13.0. The van der Waals surface area contributed by atoms with Crippen molar-refractivity contribution in [3.8, 4) is 0 Å². The molecule has 0 aliphatic carbocycles. The SMILES string of the molecule is Cc1ncc(C(F)(F)F)c(Nc2ccccc2NS(C)(=O)=O)n1. The maximum Gasteiger partial charge on any atom is 0.421 e. The summed E-state index contributed by atoms with van der Waals surface area (Å²) in [7, 11) is -3.58. The van der Waals surface area contributed by atoms with Crippen LogP contribution in [0.15, 0.2) is 30.5 Å². The molecule has 0 atom stereocenters. The lowest BCUT2D eigenvalue weighted by Crippen LogP contribution is -2.14. The van der Waals surface area contributed by atoms with Gasteiger partial charge in [0.15, 0.2) is 0 Å². The summed E-state index contributed by atoms with van der Waals surface area (Å²) in [6.07, 6.45) is -3.02. The maximum absolute atomic E-state index is 13.0. The smallest absolute Gasteiger partial charge is 0.338 e. The van der Waals surface area contributed by atoms with Crippen molar-refractivity contribution in [2.45, 2.75) is 13.1 Å². The average Bonchev–Trinajstić information content (AvgIpc) is 2.38. The van der Waals surface area contributed by atoms with Crippen molar-refractivity contribution in [3.05, 3.63) is 41.9 Å². The van der Waals surface area contributed by atoms with E-state index in [1.54, 1.807) is 12.1 Å². The number of nitrogens with zero attached hydrogens (tertiary/aromatic N) is 2. The number of alkyl halides is 3. The third-order valence-electron chi connectivity index (χ3n) is 2.69. The maximum atomic E-state index is 13.0. The van der Waals surface area contributed by atoms with Crippen LogP contribution in [0.3, 0.4) is 0 Å². The third kappa shape index (κ3) is 4.55. The average molecular weight is 346 g/mol. The molecular formula is C13H13F3N4O2S. The summed E-state index contributed by atoms with van der Waals surface area (Å²) in [4.78, 5) is 7.30. The minimum atomic E-state index is -4.64. The van der Waals surface area contributed by atoms with Gasteiger partial charge in [0.05, 0.1) is 17.6 Å². The molecule has 6 nitrogen and oxygen atoms in total. The molecule has 2 rings (SSSR count). The normalized spacial score (nSPS) is 12.0. The predicted octanol–water partition coefficient (Wildman–Crippen LogP) is 2.92. The van der Waals surface area contributed by atoms with Crippen LogP contribution in [-0.2, 0) is 16.2 Å². The number of aryl methyl sites for hydroxylation is 1. The van der Waals surface area contributed by atoms with Crippen LogP contribution >= 0.6 is 0 Å². The summed E-state index contributed by atoms with van der Waals surface area (Å²) in [5.74, 6) is -0.304. The van der Waals surface area contributed by atoms with Gasteiger partial charge in [-0.15, -0.1) is 0 Å². The Balaban J connectivity index is 2.46. The van der Waals surface area contributed by atoms with Crippen molar-refractivity contribution in [1.29, 1.82) is 0 Å². The Kier molecular flexibility index (Phi) is 4.46. The first kappa shape index (κ1) is 17.0. The van der Waals surface area contributed by atoms with Gasteiger partial charge in [0, 0.05) is 6.20 Å². The van der Waals surface area contributed by atoms with E-state index in [1.807, 2.05) is 0 Å². The Bertz CT molecular complexity index is 822. The first-order valence-electron chi connectivity index (χ1n) is 6.31. The van der Waals surface area contributed by atoms with Gasteiger partial charge in [-0.2, -0.15) is 13.2 Å². The highest BCUT2D eigenvalue weighted by Crippen LogP contribution is 2.35. The number of para-hydroxylation sites is 2. The molecule has 0 spiro atoms. The number of nitrogens with one attached hydrogen (secondary N) is 2. The van der Waals surface area contributed by atoms with Gasteiger partial charge in [-0.25, -0.2) is 18.4 Å². The highest BCUT2D eigenvalue weighted by atomic mass is 32.2. The molecule has 1 heterocycles. The molecule has 23 heavy (non-hydrogen) atoms. The lowest BCUT2D eigenvalue weighted by atomic mass is 10.2. The highest BCUT2D eigenvalue weighted by Gasteiger charge is 2.35. The second-order valence-corrected chi connectivity index (χ2v) is 6.47. The summed E-state index contributed by atoms with van der Waals surface area (Å²) >= 11 is 0. The third-order valence-corrected chi connectivity index (χ3v) is 3.28. The van der Waals surface area contributed by atoms with Crippen molar-refractivity contribution in [3.63, 3.8) is 0 Å². The Morgan fingerprint density at radius 3 is 2.30 bits per heavy atom. The van der Waals surface area contributed by atoms with Gasteiger partial charge in [-0.1, -0.05) is 12.1 Å². The molecule has 0 unspecified atom stereocenters. The van der Waals surface area contributed by atoms with E-state index in [2.05, 4.69) is 20.0 Å². The van der Waals surface area contributed by atoms with E-state index in [4.69, 9.17) is 0 Å². The van der Waals surface area contributed by atoms with Gasteiger partial charge in [-0.3, -0.25) is 4.72 Å². The first-order valence-corrected chi connectivity index (χ1v) is 8.20. The molecule has 0 bridgehead atoms. The van der Waals surface area contributed by atoms with Gasteiger partial charge < -0.3 is 5.32 Å². The number of rotatable bonds is 4. The van der Waals surface area contributed by atoms with Crippen molar-refractivity contribution in [2.24, 2.45) is 0 Å². The lowest BCUT2D eigenvalue weighted by molar-refractivity contribution is -0.137. The van der Waals surface area contributed by atoms with Gasteiger partial charge in [-0.05, 0) is 19.1 Å². The topological polar surface area (TPSA) is 84.0 Å². The second kappa shape index (κ2) is 6.03. The summed E-state index contributed by atoms with van der Waals surface area (Å²) in [5, 5.41) is 2.51. The van der Waals surface area contributed by atoms with E-state index in [9.17, 15) is 21.6 Å². The van der Waals surface area contributed by atoms with Crippen LogP contribution in [0.5, 0.6) is 0 Å². The van der Waals surface area contributed by atoms with E-state index in [1.165, 1.54) is 19.1 Å². The number of aromatic nitrogens is 2. The largest absolute Gasteiger partial charge is 0.421 e. The van der Waals surface area contributed by atoms with Crippen LogP contribution in [0.2, 0.25) is 0 Å². The van der Waals surface area contributed by atoms with Gasteiger partial charge in [0.1, 0.15) is 17.2 Å². The number of benzene rings is 1. The van der Waals surface area contributed by atoms with Crippen LogP contribution in [0.1, 0.15) is 11.4 Å². The molecule has 0 aliphatic rings. The molecule has 0 saturated heterocycles. The minimum Gasteiger partial charge on any atom is -0.338 e. The molecule has 1 aromatic carbocycles. The monoisotopic (exact) mass is 346 g/mol. The Morgan fingerprint density at radius 2 is 1.74 bits per heavy atom. The Morgan fingerprint density at radius 1 is 1.13 bits per heavy atom. The molecule has 0 amide bonds. The first-order chi connectivity index (χ1) is 10.6. The van der Waals surface area contributed by atoms with Crippen LogP contribution in [0.4, 0.5) is 30.4 Å². The Labute approximate surface area is 130 Å². The molecule has 124 valence electrons. The summed E-state index contributed by atoms with van der Waals surface area (Å²) in [6, 6.07) is 5.96. The van der Waals surface area contributed by atoms with Crippen LogP contribution in [0, 0.1) is 6.92 Å². The zero-order chi connectivity index (χ0) is 17.3. The molecule has 0 fully saturated rings. The predicted molar refractivity (Wildman–Crippen MR) is 80.0 cm³/mol. The lowest BCUT2D eigenvalue weighted by Gasteiger charge is -2.16. The van der Waals surface area contributed by atoms with Crippen molar-refractivity contribution in [1.82, 2.24) is 9.97 Å². The van der Waals surface area contributed by atoms with E-state index >= 15 is 0 Å². The molecule has 2 aromatic rings. The number of sulfonamides is 1. The number of hydrogen-bond acceptors (Lipinski definition) is 5. The second-order valence-electron chi connectivity index (χ2n) is 4.72. The standard InChI is InChI=1S/C13H13F3N4O2S/c1-8-17-7-9(13(14,15)16)12(18-8)19-10-5-3-4-6-11(10)20-23(2,21)22/h3-7,20H,1-2H3,(H,17,18,19). The van der Waals surface area contributed by atoms with Crippen LogP contribution < -0.4 is 10.0 Å². The molecule has 10 heteroatoms. The number of hydrogen-bond donors (Lipinski definition) is 2. The quantitative estimate of drug-likeness (QED) is 0.889. The zero-order valence-electron chi connectivity index (χ0n) is 12.1.